The van der Waals surface area contributed by atoms with Crippen LogP contribution in [0, 0.1) is 5.82 Å². The molecule has 0 unspecified atom stereocenters. The van der Waals surface area contributed by atoms with E-state index in [1.54, 1.807) is 0 Å². The fraction of sp³-hybridized carbons (Fsp3) is 0.467. The predicted octanol–water partition coefficient (Wildman–Crippen LogP) is 3.37. The Labute approximate surface area is 122 Å². The van der Waals surface area contributed by atoms with Crippen LogP contribution >= 0.6 is 0 Å². The maximum absolute atomic E-state index is 13.3. The number of nitrogens with one attached hydrogen (secondary N) is 2. The van der Waals surface area contributed by atoms with E-state index in [2.05, 4.69) is 10.6 Å². The maximum Gasteiger partial charge on any atom is 0.338 e. The van der Waals surface area contributed by atoms with Gasteiger partial charge in [0.2, 0.25) is 0 Å². The molecule has 5 nitrogen and oxygen atoms in total. The lowest BCUT2D eigenvalue weighted by atomic mass is 10.1. The molecule has 0 aliphatic heterocycles. The molecule has 1 aliphatic rings. The van der Waals surface area contributed by atoms with Crippen molar-refractivity contribution >= 4 is 17.7 Å². The van der Waals surface area contributed by atoms with E-state index in [-0.39, 0.29) is 17.8 Å². The third-order valence-electron chi connectivity index (χ3n) is 3.65. The van der Waals surface area contributed by atoms with Crippen molar-refractivity contribution in [3.63, 3.8) is 0 Å². The monoisotopic (exact) mass is 294 g/mol. The van der Waals surface area contributed by atoms with Crippen LogP contribution in [0.2, 0.25) is 0 Å². The van der Waals surface area contributed by atoms with E-state index in [0.29, 0.717) is 0 Å². The van der Waals surface area contributed by atoms with Gasteiger partial charge in [0, 0.05) is 11.7 Å². The van der Waals surface area contributed by atoms with Gasteiger partial charge in [-0.2, -0.15) is 0 Å². The van der Waals surface area contributed by atoms with Gasteiger partial charge >= 0.3 is 12.0 Å². The van der Waals surface area contributed by atoms with E-state index in [4.69, 9.17) is 5.11 Å². The van der Waals surface area contributed by atoms with E-state index in [1.807, 2.05) is 0 Å². The van der Waals surface area contributed by atoms with Crippen LogP contribution in [-0.2, 0) is 0 Å². The van der Waals surface area contributed by atoms with E-state index in [1.165, 1.54) is 18.9 Å². The maximum atomic E-state index is 13.3. The first-order valence-electron chi connectivity index (χ1n) is 7.16. The van der Waals surface area contributed by atoms with Crippen LogP contribution in [0.4, 0.5) is 14.9 Å². The highest BCUT2D eigenvalue weighted by molar-refractivity contribution is 5.93. The zero-order valence-electron chi connectivity index (χ0n) is 11.7. The molecule has 0 radical (unpaired) electrons. The number of carboxylic acid groups (broad SMARTS) is 1. The molecular weight excluding hydrogens is 275 g/mol. The smallest absolute Gasteiger partial charge is 0.338 e. The van der Waals surface area contributed by atoms with Crippen LogP contribution < -0.4 is 10.6 Å². The second-order valence-corrected chi connectivity index (χ2v) is 5.29. The van der Waals surface area contributed by atoms with Crippen molar-refractivity contribution < 1.29 is 19.1 Å². The molecule has 0 heterocycles. The van der Waals surface area contributed by atoms with E-state index in [0.717, 1.165) is 37.8 Å². The normalized spacial score (nSPS) is 16.0. The number of urea groups is 1. The molecule has 3 N–H and O–H groups in total. The molecule has 1 fully saturated rings. The Morgan fingerprint density at radius 2 is 1.81 bits per heavy atom. The summed E-state index contributed by atoms with van der Waals surface area (Å²) in [6.07, 6.45) is 6.50. The molecule has 0 aromatic heterocycles. The second kappa shape index (κ2) is 7.06. The van der Waals surface area contributed by atoms with Gasteiger partial charge in [-0.1, -0.05) is 25.7 Å². The predicted molar refractivity (Wildman–Crippen MR) is 77.0 cm³/mol. The van der Waals surface area contributed by atoms with Crippen molar-refractivity contribution in [2.24, 2.45) is 0 Å². The molecule has 0 spiro atoms. The first-order chi connectivity index (χ1) is 10.1. The van der Waals surface area contributed by atoms with Crippen LogP contribution in [0.1, 0.15) is 48.9 Å². The number of hydrogen-bond donors (Lipinski definition) is 3. The Morgan fingerprint density at radius 1 is 1.14 bits per heavy atom. The highest BCUT2D eigenvalue weighted by atomic mass is 19.1. The summed E-state index contributed by atoms with van der Waals surface area (Å²) in [5.74, 6) is -2.18. The van der Waals surface area contributed by atoms with Gasteiger partial charge < -0.3 is 15.7 Å². The van der Waals surface area contributed by atoms with Crippen molar-refractivity contribution in [3.05, 3.63) is 29.6 Å². The van der Waals surface area contributed by atoms with Gasteiger partial charge in [0.15, 0.2) is 0 Å². The van der Waals surface area contributed by atoms with Gasteiger partial charge in [0.1, 0.15) is 5.82 Å². The molecule has 1 saturated carbocycles. The van der Waals surface area contributed by atoms with Crippen LogP contribution in [0.5, 0.6) is 0 Å². The third kappa shape index (κ3) is 4.44. The van der Waals surface area contributed by atoms with Crippen LogP contribution in [0.15, 0.2) is 18.2 Å². The molecule has 1 aromatic carbocycles. The highest BCUT2D eigenvalue weighted by Crippen LogP contribution is 2.18. The first-order valence-corrected chi connectivity index (χ1v) is 7.16. The summed E-state index contributed by atoms with van der Waals surface area (Å²) in [7, 11) is 0. The topological polar surface area (TPSA) is 78.4 Å². The lowest BCUT2D eigenvalue weighted by Gasteiger charge is -2.16. The van der Waals surface area contributed by atoms with Crippen molar-refractivity contribution in [3.8, 4) is 0 Å². The lowest BCUT2D eigenvalue weighted by Crippen LogP contribution is -2.37. The van der Waals surface area contributed by atoms with Gasteiger partial charge in [-0.15, -0.1) is 0 Å². The van der Waals surface area contributed by atoms with Crippen molar-refractivity contribution in [2.75, 3.05) is 5.32 Å². The first kappa shape index (κ1) is 15.3. The third-order valence-corrected chi connectivity index (χ3v) is 3.65. The average Bonchev–Trinajstić information content (AvgIpc) is 2.69. The zero-order valence-corrected chi connectivity index (χ0v) is 11.7. The van der Waals surface area contributed by atoms with Crippen molar-refractivity contribution in [2.45, 2.75) is 44.6 Å². The van der Waals surface area contributed by atoms with Crippen molar-refractivity contribution in [1.82, 2.24) is 5.32 Å². The number of carboxylic acids is 1. The van der Waals surface area contributed by atoms with Gasteiger partial charge in [-0.05, 0) is 31.0 Å². The number of aromatic carboxylic acids is 1. The Hall–Kier alpha value is -2.11. The van der Waals surface area contributed by atoms with Gasteiger partial charge in [0.25, 0.3) is 0 Å². The van der Waals surface area contributed by atoms with E-state index in [9.17, 15) is 14.0 Å². The number of anilines is 1. The molecule has 2 amide bonds. The molecule has 0 atom stereocenters. The summed E-state index contributed by atoms with van der Waals surface area (Å²) >= 11 is 0. The fourth-order valence-electron chi connectivity index (χ4n) is 2.54. The highest BCUT2D eigenvalue weighted by Gasteiger charge is 2.16. The summed E-state index contributed by atoms with van der Waals surface area (Å²) in [4.78, 5) is 22.7. The molecule has 21 heavy (non-hydrogen) atoms. The number of carbonyl (C=O) groups excluding carboxylic acids is 1. The van der Waals surface area contributed by atoms with Gasteiger partial charge in [-0.25, -0.2) is 14.0 Å². The number of halogens is 1. The van der Waals surface area contributed by atoms with Gasteiger partial charge in [-0.3, -0.25) is 0 Å². The number of benzene rings is 1. The van der Waals surface area contributed by atoms with E-state index >= 15 is 0 Å². The van der Waals surface area contributed by atoms with Crippen LogP contribution in [0.3, 0.4) is 0 Å². The van der Waals surface area contributed by atoms with Crippen molar-refractivity contribution in [1.29, 1.82) is 0 Å². The number of amides is 2. The minimum absolute atomic E-state index is 0.145. The molecule has 6 heteroatoms. The molecule has 0 saturated heterocycles. The Bertz CT molecular complexity index is 526. The lowest BCUT2D eigenvalue weighted by molar-refractivity contribution is 0.0692. The molecule has 1 aliphatic carbocycles. The molecule has 0 bridgehead atoms. The minimum atomic E-state index is -1.36. The summed E-state index contributed by atoms with van der Waals surface area (Å²) in [5.41, 5.74) is -0.192. The minimum Gasteiger partial charge on any atom is -0.478 e. The molecule has 114 valence electrons. The fourth-order valence-corrected chi connectivity index (χ4v) is 2.54. The SMILES string of the molecule is O=C(Nc1ccc(F)c(C(=O)O)c1)NC1CCCCCC1. The zero-order chi connectivity index (χ0) is 15.2. The number of rotatable bonds is 3. The quantitative estimate of drug-likeness (QED) is 0.748. The molecule has 1 aromatic rings. The average molecular weight is 294 g/mol. The molecule has 2 rings (SSSR count). The second-order valence-electron chi connectivity index (χ2n) is 5.29. The molecular formula is C15H19FN2O3. The summed E-state index contributed by atoms with van der Waals surface area (Å²) in [5, 5.41) is 14.3. The Morgan fingerprint density at radius 3 is 2.43 bits per heavy atom. The summed E-state index contributed by atoms with van der Waals surface area (Å²) < 4.78 is 13.3. The summed E-state index contributed by atoms with van der Waals surface area (Å²) in [6, 6.07) is 3.25. The Kier molecular flexibility index (Phi) is 5.14. The van der Waals surface area contributed by atoms with Gasteiger partial charge in [0.05, 0.1) is 5.56 Å². The largest absolute Gasteiger partial charge is 0.478 e. The summed E-state index contributed by atoms with van der Waals surface area (Å²) in [6.45, 7) is 0. The van der Waals surface area contributed by atoms with E-state index < -0.39 is 17.3 Å². The van der Waals surface area contributed by atoms with Crippen LogP contribution in [-0.4, -0.2) is 23.1 Å². The number of hydrogen-bond acceptors (Lipinski definition) is 2. The van der Waals surface area contributed by atoms with Crippen LogP contribution in [0.25, 0.3) is 0 Å². The standard InChI is InChI=1S/C15H19FN2O3/c16-13-8-7-11(9-12(13)14(19)20)18-15(21)17-10-5-3-1-2-4-6-10/h7-10H,1-6H2,(H,19,20)(H2,17,18,21). The number of carbonyl (C=O) groups is 2. The Balaban J connectivity index is 1.95.